The van der Waals surface area contributed by atoms with Gasteiger partial charge in [0.05, 0.1) is 16.9 Å². The lowest BCUT2D eigenvalue weighted by atomic mass is 9.84. The fourth-order valence-electron chi connectivity index (χ4n) is 3.81. The van der Waals surface area contributed by atoms with Crippen molar-refractivity contribution in [3.8, 4) is 0 Å². The topological polar surface area (TPSA) is 92.5 Å². The van der Waals surface area contributed by atoms with Crippen LogP contribution in [-0.2, 0) is 4.79 Å². The Labute approximate surface area is 120 Å². The third-order valence-electron chi connectivity index (χ3n) is 4.68. The van der Waals surface area contributed by atoms with E-state index >= 15 is 0 Å². The highest BCUT2D eigenvalue weighted by molar-refractivity contribution is 5.74. The molecule has 3 rings (SSSR count). The summed E-state index contributed by atoms with van der Waals surface area (Å²) in [5.74, 6) is -1.75. The standard InChI is InChI=1S/C14H15FN2O4/c15-9-3-4-10(11(6-9)17(20)21)16-13-8-2-1-7(5-8)12(13)14(18)19/h3-4,6-8,12-13,16H,1-2,5H2,(H,18,19). The Morgan fingerprint density at radius 3 is 2.76 bits per heavy atom. The molecule has 0 spiro atoms. The van der Waals surface area contributed by atoms with Crippen molar-refractivity contribution in [2.24, 2.45) is 17.8 Å². The first-order valence-electron chi connectivity index (χ1n) is 6.90. The lowest BCUT2D eigenvalue weighted by Crippen LogP contribution is -2.39. The minimum atomic E-state index is -0.871. The molecule has 7 heteroatoms. The molecule has 1 aromatic carbocycles. The molecule has 2 aliphatic carbocycles. The van der Waals surface area contributed by atoms with Gasteiger partial charge in [0.2, 0.25) is 0 Å². The van der Waals surface area contributed by atoms with Crippen molar-refractivity contribution >= 4 is 17.3 Å². The van der Waals surface area contributed by atoms with Gasteiger partial charge in [0.1, 0.15) is 11.5 Å². The largest absolute Gasteiger partial charge is 0.481 e. The number of hydrogen-bond donors (Lipinski definition) is 2. The van der Waals surface area contributed by atoms with Crippen molar-refractivity contribution in [1.82, 2.24) is 0 Å². The van der Waals surface area contributed by atoms with Crippen LogP contribution in [0.25, 0.3) is 0 Å². The molecule has 2 saturated carbocycles. The summed E-state index contributed by atoms with van der Waals surface area (Å²) in [6.07, 6.45) is 2.66. The molecule has 4 unspecified atom stereocenters. The first-order chi connectivity index (χ1) is 9.97. The molecular weight excluding hydrogens is 279 g/mol. The highest BCUT2D eigenvalue weighted by Gasteiger charge is 2.51. The van der Waals surface area contributed by atoms with Gasteiger partial charge < -0.3 is 10.4 Å². The van der Waals surface area contributed by atoms with E-state index in [1.807, 2.05) is 0 Å². The van der Waals surface area contributed by atoms with Gasteiger partial charge in [0, 0.05) is 6.04 Å². The maximum atomic E-state index is 13.1. The van der Waals surface area contributed by atoms with Gasteiger partial charge >= 0.3 is 5.97 Å². The number of carboxylic acid groups (broad SMARTS) is 1. The van der Waals surface area contributed by atoms with Crippen molar-refractivity contribution in [3.63, 3.8) is 0 Å². The van der Waals surface area contributed by atoms with E-state index in [2.05, 4.69) is 5.32 Å². The SMILES string of the molecule is O=C(O)C1C2CCC(C2)C1Nc1ccc(F)cc1[N+](=O)[O-]. The molecule has 21 heavy (non-hydrogen) atoms. The lowest BCUT2D eigenvalue weighted by molar-refractivity contribution is -0.384. The van der Waals surface area contributed by atoms with Crippen LogP contribution in [0, 0.1) is 33.7 Å². The second-order valence-corrected chi connectivity index (χ2v) is 5.79. The number of nitro benzene ring substituents is 1. The first-order valence-corrected chi connectivity index (χ1v) is 6.90. The normalized spacial score (nSPS) is 30.3. The summed E-state index contributed by atoms with van der Waals surface area (Å²) in [5.41, 5.74) is -0.174. The molecule has 0 saturated heterocycles. The number of nitrogens with one attached hydrogen (secondary N) is 1. The van der Waals surface area contributed by atoms with Gasteiger partial charge in [0.15, 0.2) is 0 Å². The van der Waals surface area contributed by atoms with Gasteiger partial charge in [-0.2, -0.15) is 0 Å². The lowest BCUT2D eigenvalue weighted by Gasteiger charge is -2.29. The number of aliphatic carboxylic acids is 1. The molecule has 0 heterocycles. The Morgan fingerprint density at radius 1 is 1.38 bits per heavy atom. The van der Waals surface area contributed by atoms with Crippen molar-refractivity contribution in [2.75, 3.05) is 5.32 Å². The van der Waals surface area contributed by atoms with E-state index in [9.17, 15) is 24.4 Å². The van der Waals surface area contributed by atoms with Gasteiger partial charge in [0.25, 0.3) is 5.69 Å². The smallest absolute Gasteiger partial charge is 0.308 e. The number of carboxylic acids is 1. The summed E-state index contributed by atoms with van der Waals surface area (Å²) in [6, 6.07) is 2.97. The Hall–Kier alpha value is -2.18. The zero-order valence-electron chi connectivity index (χ0n) is 11.2. The zero-order valence-corrected chi connectivity index (χ0v) is 11.2. The number of anilines is 1. The summed E-state index contributed by atoms with van der Waals surface area (Å²) in [5, 5.41) is 23.4. The quantitative estimate of drug-likeness (QED) is 0.658. The Morgan fingerprint density at radius 2 is 2.10 bits per heavy atom. The van der Waals surface area contributed by atoms with Crippen molar-refractivity contribution in [2.45, 2.75) is 25.3 Å². The Balaban J connectivity index is 1.89. The first kappa shape index (κ1) is 13.8. The van der Waals surface area contributed by atoms with Crippen LogP contribution < -0.4 is 5.32 Å². The van der Waals surface area contributed by atoms with Gasteiger partial charge in [-0.05, 0) is 43.2 Å². The van der Waals surface area contributed by atoms with Crippen LogP contribution in [0.4, 0.5) is 15.8 Å². The molecule has 2 fully saturated rings. The van der Waals surface area contributed by atoms with E-state index in [0.29, 0.717) is 0 Å². The molecule has 4 atom stereocenters. The number of nitro groups is 1. The summed E-state index contributed by atoms with van der Waals surface area (Å²) >= 11 is 0. The van der Waals surface area contributed by atoms with E-state index in [1.165, 1.54) is 6.07 Å². The van der Waals surface area contributed by atoms with Gasteiger partial charge in [-0.25, -0.2) is 4.39 Å². The zero-order chi connectivity index (χ0) is 15.1. The minimum Gasteiger partial charge on any atom is -0.481 e. The van der Waals surface area contributed by atoms with Gasteiger partial charge in [-0.15, -0.1) is 0 Å². The average molecular weight is 294 g/mol. The molecule has 2 N–H and O–H groups in total. The van der Waals surface area contributed by atoms with E-state index in [-0.39, 0.29) is 29.3 Å². The Kier molecular flexibility index (Phi) is 3.27. The molecule has 6 nitrogen and oxygen atoms in total. The van der Waals surface area contributed by atoms with E-state index in [4.69, 9.17) is 0 Å². The number of benzene rings is 1. The fraction of sp³-hybridized carbons (Fsp3) is 0.500. The average Bonchev–Trinajstić information content (AvgIpc) is 3.01. The van der Waals surface area contributed by atoms with Gasteiger partial charge in [-0.3, -0.25) is 14.9 Å². The van der Waals surface area contributed by atoms with Crippen LogP contribution in [-0.4, -0.2) is 22.0 Å². The highest BCUT2D eigenvalue weighted by atomic mass is 19.1. The molecule has 0 aliphatic heterocycles. The maximum Gasteiger partial charge on any atom is 0.308 e. The Bertz CT molecular complexity index is 607. The molecular formula is C14H15FN2O4. The third kappa shape index (κ3) is 2.32. The second kappa shape index (κ2) is 4.98. The predicted octanol–water partition coefficient (Wildman–Crippen LogP) is 2.65. The van der Waals surface area contributed by atoms with Crippen LogP contribution in [0.1, 0.15) is 19.3 Å². The summed E-state index contributed by atoms with van der Waals surface area (Å²) in [7, 11) is 0. The molecule has 0 amide bonds. The molecule has 0 aromatic heterocycles. The highest BCUT2D eigenvalue weighted by Crippen LogP contribution is 2.50. The number of halogens is 1. The van der Waals surface area contributed by atoms with Gasteiger partial charge in [-0.1, -0.05) is 0 Å². The van der Waals surface area contributed by atoms with Crippen LogP contribution in [0.5, 0.6) is 0 Å². The minimum absolute atomic E-state index is 0.129. The summed E-state index contributed by atoms with van der Waals surface area (Å²) < 4.78 is 13.1. The molecule has 2 bridgehead atoms. The second-order valence-electron chi connectivity index (χ2n) is 5.79. The maximum absolute atomic E-state index is 13.1. The molecule has 1 aromatic rings. The van der Waals surface area contributed by atoms with Crippen molar-refractivity contribution in [3.05, 3.63) is 34.1 Å². The fourth-order valence-corrected chi connectivity index (χ4v) is 3.81. The van der Waals surface area contributed by atoms with Crippen LogP contribution >= 0.6 is 0 Å². The van der Waals surface area contributed by atoms with Crippen molar-refractivity contribution in [1.29, 1.82) is 0 Å². The third-order valence-corrected chi connectivity index (χ3v) is 4.68. The number of rotatable bonds is 4. The van der Waals surface area contributed by atoms with E-state index in [0.717, 1.165) is 31.4 Å². The monoisotopic (exact) mass is 294 g/mol. The molecule has 0 radical (unpaired) electrons. The van der Waals surface area contributed by atoms with Crippen LogP contribution in [0.3, 0.4) is 0 Å². The van der Waals surface area contributed by atoms with Crippen LogP contribution in [0.2, 0.25) is 0 Å². The molecule has 2 aliphatic rings. The summed E-state index contributed by atoms with van der Waals surface area (Å²) in [4.78, 5) is 21.8. The number of fused-ring (bicyclic) bond motifs is 2. The number of nitrogens with zero attached hydrogens (tertiary/aromatic N) is 1. The number of carbonyl (C=O) groups is 1. The van der Waals surface area contributed by atoms with Crippen molar-refractivity contribution < 1.29 is 19.2 Å². The van der Waals surface area contributed by atoms with Crippen LogP contribution in [0.15, 0.2) is 18.2 Å². The van der Waals surface area contributed by atoms with E-state index < -0.39 is 22.6 Å². The van der Waals surface area contributed by atoms with E-state index in [1.54, 1.807) is 0 Å². The molecule has 112 valence electrons. The number of hydrogen-bond acceptors (Lipinski definition) is 4. The summed E-state index contributed by atoms with van der Waals surface area (Å²) in [6.45, 7) is 0. The predicted molar refractivity (Wildman–Crippen MR) is 72.4 cm³/mol.